The van der Waals surface area contributed by atoms with Crippen LogP contribution in [0.3, 0.4) is 0 Å². The van der Waals surface area contributed by atoms with E-state index in [2.05, 4.69) is 37.0 Å². The number of carbonyl (C=O) groups is 2. The molecular formula is C21H21F6N5O5S. The van der Waals surface area contributed by atoms with E-state index in [0.717, 1.165) is 44.0 Å². The van der Waals surface area contributed by atoms with Crippen LogP contribution in [-0.4, -0.2) is 65.9 Å². The molecule has 0 amide bonds. The van der Waals surface area contributed by atoms with Gasteiger partial charge in [0.2, 0.25) is 5.88 Å². The minimum absolute atomic E-state index is 0.401. The first-order valence-corrected chi connectivity index (χ1v) is 11.5. The molecule has 0 aliphatic carbocycles. The van der Waals surface area contributed by atoms with Crippen molar-refractivity contribution in [2.75, 3.05) is 6.54 Å². The first-order chi connectivity index (χ1) is 17.8. The van der Waals surface area contributed by atoms with Gasteiger partial charge in [-0.25, -0.2) is 19.3 Å². The van der Waals surface area contributed by atoms with Gasteiger partial charge in [0.15, 0.2) is 0 Å². The second-order valence-corrected chi connectivity index (χ2v) is 8.24. The van der Waals surface area contributed by atoms with E-state index in [1.807, 2.05) is 22.9 Å². The van der Waals surface area contributed by atoms with Crippen molar-refractivity contribution in [2.45, 2.75) is 45.0 Å². The van der Waals surface area contributed by atoms with Gasteiger partial charge in [-0.1, -0.05) is 11.3 Å². The van der Waals surface area contributed by atoms with Crippen molar-refractivity contribution < 1.29 is 50.9 Å². The zero-order valence-electron chi connectivity index (χ0n) is 19.3. The summed E-state index contributed by atoms with van der Waals surface area (Å²) in [5, 5.41) is 27.2. The van der Waals surface area contributed by atoms with Crippen LogP contribution in [0, 0.1) is 0 Å². The molecule has 3 aromatic heterocycles. The molecule has 0 atom stereocenters. The normalized spacial score (nSPS) is 13.6. The van der Waals surface area contributed by atoms with E-state index in [1.54, 1.807) is 17.5 Å². The number of halogens is 6. The molecule has 4 rings (SSSR count). The van der Waals surface area contributed by atoms with Crippen LogP contribution in [0.5, 0.6) is 5.88 Å². The molecule has 0 fully saturated rings. The SMILES string of the molecule is O=C(O)C(F)(F)F.O=C(O)C(F)(F)F.c1ccc(OCc2nnn3c2CN(Cc2ccsc2)CCC3)nc1. The number of carboxylic acid groups (broad SMARTS) is 2. The second kappa shape index (κ2) is 13.7. The maximum absolute atomic E-state index is 10.6. The summed E-state index contributed by atoms with van der Waals surface area (Å²) in [6.45, 7) is 4.20. The van der Waals surface area contributed by atoms with Gasteiger partial charge in [0.25, 0.3) is 0 Å². The number of nitrogens with zero attached hydrogens (tertiary/aromatic N) is 5. The monoisotopic (exact) mass is 569 g/mol. The Morgan fingerprint density at radius 3 is 2.21 bits per heavy atom. The van der Waals surface area contributed by atoms with Crippen LogP contribution >= 0.6 is 11.3 Å². The number of aromatic nitrogens is 4. The van der Waals surface area contributed by atoms with Gasteiger partial charge in [-0.2, -0.15) is 37.7 Å². The Labute approximate surface area is 215 Å². The second-order valence-electron chi connectivity index (χ2n) is 7.46. The zero-order valence-corrected chi connectivity index (χ0v) is 20.1. The van der Waals surface area contributed by atoms with Gasteiger partial charge in [-0.3, -0.25) is 4.90 Å². The predicted octanol–water partition coefficient (Wildman–Crippen LogP) is 3.99. The molecule has 3 aromatic rings. The number of ether oxygens (including phenoxy) is 1. The maximum Gasteiger partial charge on any atom is 0.490 e. The summed E-state index contributed by atoms with van der Waals surface area (Å²) >= 11 is 1.75. The van der Waals surface area contributed by atoms with Crippen LogP contribution in [-0.2, 0) is 35.8 Å². The third-order valence-electron chi connectivity index (χ3n) is 4.60. The fourth-order valence-corrected chi connectivity index (χ4v) is 3.58. The highest BCUT2D eigenvalue weighted by Gasteiger charge is 2.38. The van der Waals surface area contributed by atoms with E-state index < -0.39 is 24.3 Å². The topological polar surface area (TPSA) is 131 Å². The van der Waals surface area contributed by atoms with Crippen molar-refractivity contribution in [3.05, 3.63) is 58.2 Å². The first-order valence-electron chi connectivity index (χ1n) is 10.6. The summed E-state index contributed by atoms with van der Waals surface area (Å²) in [6.07, 6.45) is -7.36. The van der Waals surface area contributed by atoms with Gasteiger partial charge < -0.3 is 14.9 Å². The molecule has 0 saturated heterocycles. The van der Waals surface area contributed by atoms with Crippen LogP contribution in [0.4, 0.5) is 26.3 Å². The lowest BCUT2D eigenvalue weighted by molar-refractivity contribution is -0.193. The summed E-state index contributed by atoms with van der Waals surface area (Å²) < 4.78 is 71.2. The molecule has 2 N–H and O–H groups in total. The summed E-state index contributed by atoms with van der Waals surface area (Å²) in [6, 6.07) is 7.83. The molecular weight excluding hydrogens is 548 g/mol. The van der Waals surface area contributed by atoms with Crippen molar-refractivity contribution in [1.29, 1.82) is 0 Å². The highest BCUT2D eigenvalue weighted by Crippen LogP contribution is 2.19. The fourth-order valence-electron chi connectivity index (χ4n) is 2.92. The number of pyridine rings is 1. The minimum atomic E-state index is -5.08. The standard InChI is InChI=1S/C17H19N5OS.2C2HF3O2/c1-2-6-18-17(4-1)23-12-15-16-11-21(10-14-5-9-24-13-14)7-3-8-22(16)20-19-15;2*3-2(4,5)1(6)7/h1-2,4-6,9,13H,3,7-8,10-12H2;2*(H,6,7). The lowest BCUT2D eigenvalue weighted by Gasteiger charge is -2.19. The van der Waals surface area contributed by atoms with E-state index in [-0.39, 0.29) is 0 Å². The Bertz CT molecular complexity index is 1130. The third-order valence-corrected chi connectivity index (χ3v) is 5.33. The smallest absolute Gasteiger partial charge is 0.475 e. The van der Waals surface area contributed by atoms with E-state index in [0.29, 0.717) is 12.5 Å². The molecule has 208 valence electrons. The molecule has 10 nitrogen and oxygen atoms in total. The van der Waals surface area contributed by atoms with E-state index in [9.17, 15) is 26.3 Å². The highest BCUT2D eigenvalue weighted by atomic mass is 32.1. The number of aryl methyl sites for hydroxylation is 1. The van der Waals surface area contributed by atoms with Crippen LogP contribution in [0.25, 0.3) is 0 Å². The number of hydrogen-bond acceptors (Lipinski definition) is 8. The summed E-state index contributed by atoms with van der Waals surface area (Å²) in [4.78, 5) is 24.4. The number of aliphatic carboxylic acids is 2. The molecule has 4 heterocycles. The minimum Gasteiger partial charge on any atom is -0.475 e. The van der Waals surface area contributed by atoms with E-state index in [1.165, 1.54) is 5.56 Å². The van der Waals surface area contributed by atoms with Crippen LogP contribution in [0.1, 0.15) is 23.4 Å². The van der Waals surface area contributed by atoms with E-state index >= 15 is 0 Å². The first kappa shape index (κ1) is 30.5. The zero-order chi connectivity index (χ0) is 28.3. The van der Waals surface area contributed by atoms with Crippen LogP contribution < -0.4 is 4.74 Å². The van der Waals surface area contributed by atoms with Gasteiger partial charge in [-0.15, -0.1) is 5.10 Å². The lowest BCUT2D eigenvalue weighted by Crippen LogP contribution is -2.23. The molecule has 0 unspecified atom stereocenters. The summed E-state index contributed by atoms with van der Waals surface area (Å²) in [5.74, 6) is -4.90. The Morgan fingerprint density at radius 2 is 1.68 bits per heavy atom. The maximum atomic E-state index is 10.6. The highest BCUT2D eigenvalue weighted by molar-refractivity contribution is 7.07. The average Bonchev–Trinajstić information content (AvgIpc) is 3.43. The van der Waals surface area contributed by atoms with Gasteiger partial charge in [-0.05, 0) is 34.9 Å². The molecule has 0 bridgehead atoms. The predicted molar refractivity (Wildman–Crippen MR) is 119 cm³/mol. The van der Waals surface area contributed by atoms with Crippen molar-refractivity contribution >= 4 is 23.3 Å². The molecule has 17 heteroatoms. The van der Waals surface area contributed by atoms with Crippen molar-refractivity contribution in [2.24, 2.45) is 0 Å². The Kier molecular flexibility index (Phi) is 11.0. The van der Waals surface area contributed by atoms with E-state index in [4.69, 9.17) is 24.5 Å². The average molecular weight is 569 g/mol. The summed E-state index contributed by atoms with van der Waals surface area (Å²) in [7, 11) is 0. The number of fused-ring (bicyclic) bond motifs is 1. The molecule has 0 saturated carbocycles. The van der Waals surface area contributed by atoms with Gasteiger partial charge in [0, 0.05) is 38.4 Å². The molecule has 38 heavy (non-hydrogen) atoms. The van der Waals surface area contributed by atoms with Gasteiger partial charge in [0.05, 0.1) is 5.69 Å². The molecule has 0 aromatic carbocycles. The summed E-state index contributed by atoms with van der Waals surface area (Å²) in [5.41, 5.74) is 3.42. The van der Waals surface area contributed by atoms with Crippen molar-refractivity contribution in [3.8, 4) is 5.88 Å². The van der Waals surface area contributed by atoms with Gasteiger partial charge in [0.1, 0.15) is 12.3 Å². The fraction of sp³-hybridized carbons (Fsp3) is 0.381. The quantitative estimate of drug-likeness (QED) is 0.438. The molecule has 0 radical (unpaired) electrons. The van der Waals surface area contributed by atoms with Crippen LogP contribution in [0.2, 0.25) is 0 Å². The Morgan fingerprint density at radius 1 is 1.03 bits per heavy atom. The number of rotatable bonds is 5. The number of thiophene rings is 1. The molecule has 0 spiro atoms. The Balaban J connectivity index is 0.000000301. The largest absolute Gasteiger partial charge is 0.490 e. The number of carboxylic acids is 2. The van der Waals surface area contributed by atoms with Crippen molar-refractivity contribution in [3.63, 3.8) is 0 Å². The lowest BCUT2D eigenvalue weighted by atomic mass is 10.2. The Hall–Kier alpha value is -3.73. The van der Waals surface area contributed by atoms with Gasteiger partial charge >= 0.3 is 24.3 Å². The third kappa shape index (κ3) is 10.3. The molecule has 1 aliphatic rings. The molecule has 1 aliphatic heterocycles. The number of hydrogen-bond donors (Lipinski definition) is 2. The van der Waals surface area contributed by atoms with Crippen LogP contribution in [0.15, 0.2) is 41.2 Å². The van der Waals surface area contributed by atoms with Crippen molar-refractivity contribution in [1.82, 2.24) is 24.9 Å². The number of alkyl halides is 6.